The van der Waals surface area contributed by atoms with Gasteiger partial charge >= 0.3 is 0 Å². The van der Waals surface area contributed by atoms with Gasteiger partial charge in [0.25, 0.3) is 0 Å². The van der Waals surface area contributed by atoms with Gasteiger partial charge in [0.1, 0.15) is 5.15 Å². The summed E-state index contributed by atoms with van der Waals surface area (Å²) in [5.41, 5.74) is 0. The van der Waals surface area contributed by atoms with Crippen LogP contribution < -0.4 is 4.72 Å². The van der Waals surface area contributed by atoms with Gasteiger partial charge in [-0.3, -0.25) is 0 Å². The topological polar surface area (TPSA) is 93.2 Å². The fourth-order valence-electron chi connectivity index (χ4n) is 1.47. The fraction of sp³-hybridized carbons (Fsp3) is 0.222. The highest BCUT2D eigenvalue weighted by Gasteiger charge is 2.26. The molecule has 0 radical (unpaired) electrons. The largest absolute Gasteiger partial charge is 0.244 e. The van der Waals surface area contributed by atoms with Gasteiger partial charge in [-0.05, 0) is 12.1 Å². The Morgan fingerprint density at radius 2 is 2.17 bits per heavy atom. The van der Waals surface area contributed by atoms with Crippen LogP contribution in [-0.2, 0) is 19.9 Å². The lowest BCUT2D eigenvalue weighted by molar-refractivity contribution is 0.574. The van der Waals surface area contributed by atoms with Gasteiger partial charge in [-0.25, -0.2) is 26.5 Å². The summed E-state index contributed by atoms with van der Waals surface area (Å²) in [6, 6.07) is 1.71. The van der Waals surface area contributed by atoms with Gasteiger partial charge in [0.2, 0.25) is 10.0 Å². The monoisotopic (exact) mass is 308 g/mol. The summed E-state index contributed by atoms with van der Waals surface area (Å²) < 4.78 is 48.5. The van der Waals surface area contributed by atoms with Crippen molar-refractivity contribution >= 4 is 31.5 Å². The molecular formula is C9H9ClN2O4S2. The normalized spacial score (nSPS) is 22.2. The molecular weight excluding hydrogens is 300 g/mol. The van der Waals surface area contributed by atoms with Crippen molar-refractivity contribution in [2.45, 2.75) is 10.9 Å². The number of aromatic nitrogens is 1. The second-order valence-electron chi connectivity index (χ2n) is 3.70. The molecule has 0 saturated heterocycles. The zero-order valence-corrected chi connectivity index (χ0v) is 11.3. The number of rotatable bonds is 3. The molecule has 2 rings (SSSR count). The first-order chi connectivity index (χ1) is 8.28. The van der Waals surface area contributed by atoms with E-state index in [1.165, 1.54) is 24.4 Å². The van der Waals surface area contributed by atoms with Gasteiger partial charge < -0.3 is 0 Å². The average molecular weight is 309 g/mol. The number of sulfonamides is 1. The lowest BCUT2D eigenvalue weighted by Gasteiger charge is -2.10. The van der Waals surface area contributed by atoms with Gasteiger partial charge in [-0.2, -0.15) is 0 Å². The smallest absolute Gasteiger partial charge is 0.241 e. The Labute approximate surface area is 110 Å². The molecule has 1 unspecified atom stereocenters. The molecule has 0 aliphatic carbocycles. The van der Waals surface area contributed by atoms with E-state index in [2.05, 4.69) is 9.71 Å². The minimum absolute atomic E-state index is 0.0486. The molecule has 6 nitrogen and oxygen atoms in total. The van der Waals surface area contributed by atoms with Crippen LogP contribution in [0, 0.1) is 0 Å². The van der Waals surface area contributed by atoms with Crippen molar-refractivity contribution in [2.75, 3.05) is 5.75 Å². The summed E-state index contributed by atoms with van der Waals surface area (Å²) in [5.74, 6) is -0.273. The Morgan fingerprint density at radius 3 is 2.72 bits per heavy atom. The highest BCUT2D eigenvalue weighted by molar-refractivity contribution is 7.94. The molecule has 98 valence electrons. The SMILES string of the molecule is O=S1(=O)C=CC(NS(=O)(=O)c2ccnc(Cl)c2)C1. The van der Waals surface area contributed by atoms with Crippen LogP contribution in [0.2, 0.25) is 5.15 Å². The van der Waals surface area contributed by atoms with Gasteiger partial charge in [0, 0.05) is 11.6 Å². The number of sulfone groups is 1. The van der Waals surface area contributed by atoms with E-state index in [1.807, 2.05) is 0 Å². The maximum Gasteiger partial charge on any atom is 0.241 e. The molecule has 1 N–H and O–H groups in total. The highest BCUT2D eigenvalue weighted by atomic mass is 35.5. The lowest BCUT2D eigenvalue weighted by atomic mass is 10.4. The summed E-state index contributed by atoms with van der Waals surface area (Å²) in [4.78, 5) is 3.62. The molecule has 0 amide bonds. The quantitative estimate of drug-likeness (QED) is 0.812. The first kappa shape index (κ1) is 13.5. The predicted molar refractivity (Wildman–Crippen MR) is 66.3 cm³/mol. The molecule has 0 spiro atoms. The van der Waals surface area contributed by atoms with Crippen LogP contribution in [0.1, 0.15) is 0 Å². The van der Waals surface area contributed by atoms with Crippen LogP contribution >= 0.6 is 11.6 Å². The zero-order valence-electron chi connectivity index (χ0n) is 8.95. The van der Waals surface area contributed by atoms with Crippen molar-refractivity contribution in [1.82, 2.24) is 9.71 Å². The number of pyridine rings is 1. The molecule has 1 atom stereocenters. The highest BCUT2D eigenvalue weighted by Crippen LogP contribution is 2.15. The first-order valence-corrected chi connectivity index (χ1v) is 8.41. The maximum absolute atomic E-state index is 11.9. The molecule has 1 aromatic rings. The Hall–Kier alpha value is -0.960. The van der Waals surface area contributed by atoms with E-state index in [0.29, 0.717) is 0 Å². The second kappa shape index (κ2) is 4.61. The van der Waals surface area contributed by atoms with Crippen molar-refractivity contribution in [3.8, 4) is 0 Å². The summed E-state index contributed by atoms with van der Waals surface area (Å²) in [5, 5.41) is 1.05. The molecule has 9 heteroatoms. The zero-order chi connectivity index (χ0) is 13.4. The van der Waals surface area contributed by atoms with Crippen molar-refractivity contribution in [3.63, 3.8) is 0 Å². The minimum atomic E-state index is -3.81. The number of hydrogen-bond acceptors (Lipinski definition) is 5. The Morgan fingerprint density at radius 1 is 1.44 bits per heavy atom. The fourth-order valence-corrected chi connectivity index (χ4v) is 4.25. The minimum Gasteiger partial charge on any atom is -0.244 e. The number of nitrogens with zero attached hydrogens (tertiary/aromatic N) is 1. The lowest BCUT2D eigenvalue weighted by Crippen LogP contribution is -2.35. The van der Waals surface area contributed by atoms with Crippen LogP contribution in [0.5, 0.6) is 0 Å². The molecule has 1 aromatic heterocycles. The molecule has 0 bridgehead atoms. The maximum atomic E-state index is 11.9. The third-order valence-electron chi connectivity index (χ3n) is 2.24. The van der Waals surface area contributed by atoms with Crippen molar-refractivity contribution < 1.29 is 16.8 Å². The Balaban J connectivity index is 2.22. The molecule has 0 fully saturated rings. The van der Waals surface area contributed by atoms with E-state index in [-0.39, 0.29) is 15.8 Å². The molecule has 1 aliphatic heterocycles. The van der Waals surface area contributed by atoms with Gasteiger partial charge in [0.15, 0.2) is 9.84 Å². The van der Waals surface area contributed by atoms with Gasteiger partial charge in [-0.15, -0.1) is 0 Å². The molecule has 2 heterocycles. The van der Waals surface area contributed by atoms with Crippen molar-refractivity contribution in [3.05, 3.63) is 35.0 Å². The second-order valence-corrected chi connectivity index (χ2v) is 7.73. The Bertz CT molecular complexity index is 697. The van der Waals surface area contributed by atoms with E-state index in [0.717, 1.165) is 5.41 Å². The van der Waals surface area contributed by atoms with Crippen LogP contribution in [0.4, 0.5) is 0 Å². The third kappa shape index (κ3) is 3.08. The van der Waals surface area contributed by atoms with E-state index in [9.17, 15) is 16.8 Å². The van der Waals surface area contributed by atoms with E-state index in [4.69, 9.17) is 11.6 Å². The Kier molecular flexibility index (Phi) is 3.45. The molecule has 0 aromatic carbocycles. The van der Waals surface area contributed by atoms with Crippen molar-refractivity contribution in [1.29, 1.82) is 0 Å². The van der Waals surface area contributed by atoms with Gasteiger partial charge in [0.05, 0.1) is 16.7 Å². The van der Waals surface area contributed by atoms with E-state index >= 15 is 0 Å². The number of halogens is 1. The standard InChI is InChI=1S/C9H9ClN2O4S2/c10-9-5-8(1-3-11-9)18(15,16)12-7-2-4-17(13,14)6-7/h1-5,7,12H,6H2. The first-order valence-electron chi connectivity index (χ1n) is 4.83. The van der Waals surface area contributed by atoms with Crippen LogP contribution in [-0.4, -0.2) is 33.6 Å². The summed E-state index contributed by atoms with van der Waals surface area (Å²) in [6.45, 7) is 0. The van der Waals surface area contributed by atoms with Crippen molar-refractivity contribution in [2.24, 2.45) is 0 Å². The number of nitrogens with one attached hydrogen (secondary N) is 1. The molecule has 18 heavy (non-hydrogen) atoms. The van der Waals surface area contributed by atoms with Crippen LogP contribution in [0.3, 0.4) is 0 Å². The number of hydrogen-bond donors (Lipinski definition) is 1. The summed E-state index contributed by atoms with van der Waals surface area (Å²) in [7, 11) is -7.11. The van der Waals surface area contributed by atoms with E-state index in [1.54, 1.807) is 0 Å². The summed E-state index contributed by atoms with van der Waals surface area (Å²) in [6.07, 6.45) is 2.56. The third-order valence-corrected chi connectivity index (χ3v) is 5.33. The van der Waals surface area contributed by atoms with E-state index < -0.39 is 25.9 Å². The van der Waals surface area contributed by atoms with Gasteiger partial charge in [-0.1, -0.05) is 17.7 Å². The van der Waals surface area contributed by atoms with Crippen LogP contribution in [0.15, 0.2) is 34.7 Å². The average Bonchev–Trinajstić information content (AvgIpc) is 2.57. The summed E-state index contributed by atoms with van der Waals surface area (Å²) >= 11 is 5.60. The molecule has 0 saturated carbocycles. The predicted octanol–water partition coefficient (Wildman–Crippen LogP) is 0.324. The molecule has 1 aliphatic rings. The van der Waals surface area contributed by atoms with Crippen LogP contribution in [0.25, 0.3) is 0 Å².